The number of nitrogens with one attached hydrogen (secondary N) is 2. The Bertz CT molecular complexity index is 347. The van der Waals surface area contributed by atoms with Crippen LogP contribution in [0.5, 0.6) is 0 Å². The zero-order valence-corrected chi connectivity index (χ0v) is 12.5. The lowest BCUT2D eigenvalue weighted by molar-refractivity contribution is -0.111. The lowest BCUT2D eigenvalue weighted by atomic mass is 10.3. The van der Waals surface area contributed by atoms with E-state index in [0.717, 1.165) is 5.70 Å². The molecule has 0 bridgehead atoms. The number of hydrazine groups is 1. The standard InChI is InChI=1S/C11H16N2O2S.C2H6/c1-5-10(7-6-8(2)15-4)12-13-11(16)9(3)14;1-2/h5-7,12H,2H2,1,3-4H3,(H,13,16);1-2H3/b7-6-,10-5+;. The molecule has 0 aromatic heterocycles. The average Bonchev–Trinajstić information content (AvgIpc) is 2.40. The van der Waals surface area contributed by atoms with Gasteiger partial charge in [-0.3, -0.25) is 10.2 Å². The fourth-order valence-corrected chi connectivity index (χ4v) is 0.729. The van der Waals surface area contributed by atoms with E-state index in [9.17, 15) is 4.79 Å². The van der Waals surface area contributed by atoms with Crippen LogP contribution in [-0.4, -0.2) is 17.9 Å². The van der Waals surface area contributed by atoms with E-state index in [2.05, 4.69) is 17.4 Å². The van der Waals surface area contributed by atoms with Gasteiger partial charge in [-0.1, -0.05) is 38.7 Å². The molecular weight excluding hydrogens is 248 g/mol. The maximum absolute atomic E-state index is 10.8. The van der Waals surface area contributed by atoms with Crippen molar-refractivity contribution < 1.29 is 9.53 Å². The third kappa shape index (κ3) is 9.59. The normalized spacial score (nSPS) is 10.2. The second kappa shape index (κ2) is 11.9. The molecule has 0 saturated carbocycles. The molecule has 0 unspecified atom stereocenters. The Morgan fingerprint density at radius 1 is 1.28 bits per heavy atom. The number of Topliss-reactive ketones (excluding diaryl/α,β-unsaturated/α-hetero) is 1. The molecule has 0 fully saturated rings. The molecule has 0 amide bonds. The highest BCUT2D eigenvalue weighted by molar-refractivity contribution is 7.82. The summed E-state index contributed by atoms with van der Waals surface area (Å²) in [6, 6.07) is 0. The third-order valence-electron chi connectivity index (χ3n) is 1.66. The Morgan fingerprint density at radius 2 is 1.83 bits per heavy atom. The largest absolute Gasteiger partial charge is 0.497 e. The predicted molar refractivity (Wildman–Crippen MR) is 79.9 cm³/mol. The highest BCUT2D eigenvalue weighted by Crippen LogP contribution is 1.97. The first kappa shape index (κ1) is 18.7. The van der Waals surface area contributed by atoms with E-state index in [1.165, 1.54) is 6.92 Å². The lowest BCUT2D eigenvalue weighted by Crippen LogP contribution is -2.38. The van der Waals surface area contributed by atoms with E-state index in [-0.39, 0.29) is 10.8 Å². The summed E-state index contributed by atoms with van der Waals surface area (Å²) in [5, 5.41) is 0. The first-order valence-corrected chi connectivity index (χ1v) is 6.06. The number of ketones is 1. The van der Waals surface area contributed by atoms with E-state index >= 15 is 0 Å². The Balaban J connectivity index is 0. The Labute approximate surface area is 115 Å². The van der Waals surface area contributed by atoms with Crippen LogP contribution in [-0.2, 0) is 9.53 Å². The van der Waals surface area contributed by atoms with Crippen molar-refractivity contribution in [3.05, 3.63) is 36.3 Å². The number of hydrogen-bond acceptors (Lipinski definition) is 4. The molecule has 4 nitrogen and oxygen atoms in total. The van der Waals surface area contributed by atoms with E-state index in [1.54, 1.807) is 19.3 Å². The number of thiocarbonyl (C=S) groups is 1. The maximum Gasteiger partial charge on any atom is 0.188 e. The van der Waals surface area contributed by atoms with Crippen LogP contribution >= 0.6 is 12.2 Å². The van der Waals surface area contributed by atoms with Gasteiger partial charge in [0.1, 0.15) is 5.76 Å². The van der Waals surface area contributed by atoms with Crippen LogP contribution in [0.15, 0.2) is 36.3 Å². The minimum Gasteiger partial charge on any atom is -0.497 e. The van der Waals surface area contributed by atoms with Crippen molar-refractivity contribution in [2.24, 2.45) is 0 Å². The van der Waals surface area contributed by atoms with Gasteiger partial charge in [0.25, 0.3) is 0 Å². The summed E-state index contributed by atoms with van der Waals surface area (Å²) in [5.74, 6) is 0.346. The first-order chi connectivity index (χ1) is 8.51. The minimum atomic E-state index is -0.191. The molecule has 0 aliphatic carbocycles. The van der Waals surface area contributed by atoms with Crippen LogP contribution < -0.4 is 10.9 Å². The van der Waals surface area contributed by atoms with Gasteiger partial charge < -0.3 is 10.2 Å². The highest BCUT2D eigenvalue weighted by Gasteiger charge is 2.00. The van der Waals surface area contributed by atoms with Gasteiger partial charge in [0.05, 0.1) is 7.11 Å². The molecule has 0 aromatic carbocycles. The summed E-state index contributed by atoms with van der Waals surface area (Å²) in [4.78, 5) is 11.0. The second-order valence-electron chi connectivity index (χ2n) is 2.88. The second-order valence-corrected chi connectivity index (χ2v) is 3.29. The summed E-state index contributed by atoms with van der Waals surface area (Å²) in [6.07, 6.45) is 5.26. The van der Waals surface area contributed by atoms with E-state index in [0.29, 0.717) is 5.76 Å². The van der Waals surface area contributed by atoms with Gasteiger partial charge in [0.15, 0.2) is 10.8 Å². The van der Waals surface area contributed by atoms with Gasteiger partial charge in [-0.25, -0.2) is 0 Å². The number of rotatable bonds is 6. The summed E-state index contributed by atoms with van der Waals surface area (Å²) in [7, 11) is 1.54. The van der Waals surface area contributed by atoms with E-state index < -0.39 is 0 Å². The molecule has 0 saturated heterocycles. The molecule has 0 radical (unpaired) electrons. The molecule has 0 heterocycles. The van der Waals surface area contributed by atoms with Crippen LogP contribution in [0.1, 0.15) is 27.7 Å². The van der Waals surface area contributed by atoms with Crippen molar-refractivity contribution in [1.29, 1.82) is 0 Å². The van der Waals surface area contributed by atoms with Crippen LogP contribution in [0.2, 0.25) is 0 Å². The lowest BCUT2D eigenvalue weighted by Gasteiger charge is -2.09. The topological polar surface area (TPSA) is 50.4 Å². The van der Waals surface area contributed by atoms with Gasteiger partial charge in [0, 0.05) is 12.6 Å². The van der Waals surface area contributed by atoms with Gasteiger partial charge in [-0.05, 0) is 19.1 Å². The molecule has 0 rings (SSSR count). The SMILES string of the molecule is C=C(/C=C\C(=C/C)NNC(=S)C(C)=O)OC.CC. The van der Waals surface area contributed by atoms with E-state index in [4.69, 9.17) is 17.0 Å². The Morgan fingerprint density at radius 3 is 2.22 bits per heavy atom. The first-order valence-electron chi connectivity index (χ1n) is 5.65. The van der Waals surface area contributed by atoms with E-state index in [1.807, 2.05) is 26.8 Å². The number of allylic oxidation sites excluding steroid dienone is 3. The third-order valence-corrected chi connectivity index (χ3v) is 2.05. The quantitative estimate of drug-likeness (QED) is 0.336. The van der Waals surface area contributed by atoms with Gasteiger partial charge in [-0.2, -0.15) is 0 Å². The number of methoxy groups -OCH3 is 1. The van der Waals surface area contributed by atoms with Crippen LogP contribution in [0.25, 0.3) is 0 Å². The summed E-state index contributed by atoms with van der Waals surface area (Å²) >= 11 is 4.79. The molecule has 102 valence electrons. The molecule has 0 aliphatic rings. The van der Waals surface area contributed by atoms with Crippen molar-refractivity contribution in [1.82, 2.24) is 10.9 Å². The molecule has 0 spiro atoms. The molecule has 5 heteroatoms. The number of carbonyl (C=O) groups excluding carboxylic acids is 1. The molecule has 0 aromatic rings. The molecular formula is C13H22N2O2S. The number of carbonyl (C=O) groups is 1. The molecule has 0 aliphatic heterocycles. The maximum atomic E-state index is 10.8. The van der Waals surface area contributed by atoms with Gasteiger partial charge in [0.2, 0.25) is 0 Å². The predicted octanol–water partition coefficient (Wildman–Crippen LogP) is 2.64. The monoisotopic (exact) mass is 270 g/mol. The van der Waals surface area contributed by atoms with Crippen LogP contribution in [0.3, 0.4) is 0 Å². The van der Waals surface area contributed by atoms with Crippen molar-refractivity contribution >= 4 is 23.0 Å². The van der Waals surface area contributed by atoms with Crippen molar-refractivity contribution in [2.75, 3.05) is 7.11 Å². The smallest absolute Gasteiger partial charge is 0.188 e. The van der Waals surface area contributed by atoms with Crippen LogP contribution in [0, 0.1) is 0 Å². The van der Waals surface area contributed by atoms with Crippen molar-refractivity contribution in [2.45, 2.75) is 27.7 Å². The fourth-order valence-electron chi connectivity index (χ4n) is 0.678. The average molecular weight is 270 g/mol. The highest BCUT2D eigenvalue weighted by atomic mass is 32.1. The van der Waals surface area contributed by atoms with Crippen molar-refractivity contribution in [3.63, 3.8) is 0 Å². The number of hydrogen-bond donors (Lipinski definition) is 2. The fraction of sp³-hybridized carbons (Fsp3) is 0.385. The van der Waals surface area contributed by atoms with Crippen LogP contribution in [0.4, 0.5) is 0 Å². The van der Waals surface area contributed by atoms with Crippen molar-refractivity contribution in [3.8, 4) is 0 Å². The zero-order chi connectivity index (χ0) is 14.6. The number of ether oxygens (including phenoxy) is 1. The Hall–Kier alpha value is -1.62. The summed E-state index contributed by atoms with van der Waals surface area (Å²) in [6.45, 7) is 10.9. The summed E-state index contributed by atoms with van der Waals surface area (Å²) < 4.78 is 4.87. The minimum absolute atomic E-state index is 0.137. The zero-order valence-electron chi connectivity index (χ0n) is 11.7. The van der Waals surface area contributed by atoms with Gasteiger partial charge in [-0.15, -0.1) is 0 Å². The summed E-state index contributed by atoms with van der Waals surface area (Å²) in [5.41, 5.74) is 6.16. The Kier molecular flexibility index (Phi) is 12.3. The molecule has 0 atom stereocenters. The molecule has 2 N–H and O–H groups in total. The van der Waals surface area contributed by atoms with Gasteiger partial charge >= 0.3 is 0 Å². The molecule has 18 heavy (non-hydrogen) atoms.